The number of tetrazole rings is 1. The van der Waals surface area contributed by atoms with Gasteiger partial charge >= 0.3 is 0 Å². The summed E-state index contributed by atoms with van der Waals surface area (Å²) in [5.74, 6) is 2.28. The summed E-state index contributed by atoms with van der Waals surface area (Å²) in [6.07, 6.45) is 1.55. The number of benzene rings is 1. The second-order valence-corrected chi connectivity index (χ2v) is 7.05. The minimum atomic E-state index is -0.325. The third-order valence-corrected chi connectivity index (χ3v) is 5.10. The number of aromatic nitrogens is 5. The van der Waals surface area contributed by atoms with E-state index in [9.17, 15) is 4.79 Å². The Morgan fingerprint density at radius 1 is 1.27 bits per heavy atom. The number of thioether (sulfide) groups is 1. The van der Waals surface area contributed by atoms with Crippen molar-refractivity contribution in [2.24, 2.45) is 7.05 Å². The van der Waals surface area contributed by atoms with Crippen LogP contribution in [0.15, 0.2) is 35.6 Å². The van der Waals surface area contributed by atoms with Gasteiger partial charge in [-0.2, -0.15) is 0 Å². The van der Waals surface area contributed by atoms with Crippen molar-refractivity contribution < 1.29 is 23.7 Å². The first-order chi connectivity index (χ1) is 14.6. The highest BCUT2D eigenvalue weighted by atomic mass is 32.2. The number of amides is 1. The van der Waals surface area contributed by atoms with Gasteiger partial charge in [0.15, 0.2) is 29.6 Å². The molecule has 0 atom stereocenters. The van der Waals surface area contributed by atoms with Crippen molar-refractivity contribution in [1.82, 2.24) is 25.2 Å². The van der Waals surface area contributed by atoms with Crippen LogP contribution in [-0.2, 0) is 17.6 Å². The van der Waals surface area contributed by atoms with Crippen molar-refractivity contribution in [3.8, 4) is 23.0 Å². The van der Waals surface area contributed by atoms with E-state index in [1.165, 1.54) is 18.9 Å². The summed E-state index contributed by atoms with van der Waals surface area (Å²) in [7, 11) is 3.27. The van der Waals surface area contributed by atoms with Crippen molar-refractivity contribution >= 4 is 23.4 Å². The molecule has 4 rings (SSSR count). The molecule has 30 heavy (non-hydrogen) atoms. The van der Waals surface area contributed by atoms with E-state index < -0.39 is 0 Å². The van der Waals surface area contributed by atoms with Crippen molar-refractivity contribution in [2.45, 2.75) is 10.9 Å². The zero-order valence-electron chi connectivity index (χ0n) is 16.2. The maximum Gasteiger partial charge on any atom is 0.262 e. The number of nitrogens with zero attached hydrogens (tertiary/aromatic N) is 5. The monoisotopic (exact) mass is 430 g/mol. The van der Waals surface area contributed by atoms with Crippen LogP contribution in [0.5, 0.6) is 23.0 Å². The fraction of sp³-hybridized carbons (Fsp3) is 0.278. The third kappa shape index (κ3) is 4.54. The van der Waals surface area contributed by atoms with Gasteiger partial charge in [-0.25, -0.2) is 4.68 Å². The predicted octanol–water partition coefficient (Wildman–Crippen LogP) is 1.65. The molecule has 11 nitrogen and oxygen atoms in total. The molecule has 0 fully saturated rings. The minimum absolute atomic E-state index is 0.172. The third-order valence-electron chi connectivity index (χ3n) is 4.05. The van der Waals surface area contributed by atoms with Crippen LogP contribution >= 0.6 is 11.8 Å². The molecule has 1 aromatic carbocycles. The minimum Gasteiger partial charge on any atom is -0.491 e. The topological polar surface area (TPSA) is 123 Å². The van der Waals surface area contributed by atoms with Gasteiger partial charge in [-0.15, -0.1) is 5.10 Å². The van der Waals surface area contributed by atoms with E-state index in [0.29, 0.717) is 39.6 Å². The van der Waals surface area contributed by atoms with E-state index >= 15 is 0 Å². The molecule has 0 radical (unpaired) electrons. The molecule has 12 heteroatoms. The van der Waals surface area contributed by atoms with Gasteiger partial charge in [0, 0.05) is 30.6 Å². The first-order valence-electron chi connectivity index (χ1n) is 8.83. The van der Waals surface area contributed by atoms with Gasteiger partial charge in [-0.3, -0.25) is 9.78 Å². The summed E-state index contributed by atoms with van der Waals surface area (Å²) in [6, 6.07) is 6.89. The van der Waals surface area contributed by atoms with Gasteiger partial charge in [0.2, 0.25) is 11.9 Å². The Bertz CT molecular complexity index is 1060. The first-order valence-corrected chi connectivity index (χ1v) is 9.81. The second kappa shape index (κ2) is 8.86. The number of anilines is 1. The number of hydrogen-bond donors (Lipinski definition) is 1. The highest BCUT2D eigenvalue weighted by Gasteiger charge is 2.15. The molecule has 0 saturated heterocycles. The summed E-state index contributed by atoms with van der Waals surface area (Å²) in [5.41, 5.74) is 1.32. The molecule has 2 aromatic heterocycles. The van der Waals surface area contributed by atoms with E-state index in [2.05, 4.69) is 25.8 Å². The standard InChI is InChI=1S/C18H18N6O5S/c1-24-18(21-22-23-24)30-9-12-6-15(16(26-2)7-19-12)27-8-17(25)20-11-3-4-13-14(5-11)29-10-28-13/h3-7H,8-10H2,1-2H3,(H,20,25). The Labute approximate surface area is 175 Å². The van der Waals surface area contributed by atoms with Crippen LogP contribution in [0.1, 0.15) is 5.69 Å². The number of fused-ring (bicyclic) bond motifs is 1. The molecule has 156 valence electrons. The van der Waals surface area contributed by atoms with E-state index in [1.807, 2.05) is 0 Å². The number of methoxy groups -OCH3 is 1. The van der Waals surface area contributed by atoms with Crippen LogP contribution in [0.25, 0.3) is 0 Å². The fourth-order valence-corrected chi connectivity index (χ4v) is 3.36. The zero-order valence-corrected chi connectivity index (χ0v) is 17.0. The molecular weight excluding hydrogens is 412 g/mol. The summed E-state index contributed by atoms with van der Waals surface area (Å²) in [6.45, 7) is -0.0277. The van der Waals surface area contributed by atoms with E-state index in [1.54, 1.807) is 42.2 Å². The number of carbonyl (C=O) groups is 1. The van der Waals surface area contributed by atoms with Gasteiger partial charge in [0.25, 0.3) is 5.91 Å². The Balaban J connectivity index is 1.36. The number of rotatable bonds is 8. The molecule has 0 aliphatic carbocycles. The highest BCUT2D eigenvalue weighted by molar-refractivity contribution is 7.98. The van der Waals surface area contributed by atoms with E-state index in [-0.39, 0.29) is 19.3 Å². The van der Waals surface area contributed by atoms with Gasteiger partial charge in [0.05, 0.1) is 19.0 Å². The molecule has 1 N–H and O–H groups in total. The molecule has 0 bridgehead atoms. The summed E-state index contributed by atoms with van der Waals surface area (Å²) >= 11 is 1.43. The Morgan fingerprint density at radius 2 is 2.13 bits per heavy atom. The van der Waals surface area contributed by atoms with E-state index in [0.717, 1.165) is 5.69 Å². The van der Waals surface area contributed by atoms with Gasteiger partial charge in [-0.05, 0) is 22.6 Å². The van der Waals surface area contributed by atoms with Crippen LogP contribution in [0.3, 0.4) is 0 Å². The van der Waals surface area contributed by atoms with Gasteiger partial charge < -0.3 is 24.3 Å². The highest BCUT2D eigenvalue weighted by Crippen LogP contribution is 2.34. The molecule has 3 aromatic rings. The van der Waals surface area contributed by atoms with Crippen molar-refractivity contribution in [3.05, 3.63) is 36.2 Å². The number of aryl methyl sites for hydroxylation is 1. The van der Waals surface area contributed by atoms with Gasteiger partial charge in [-0.1, -0.05) is 11.8 Å². The number of ether oxygens (including phenoxy) is 4. The van der Waals surface area contributed by atoms with Crippen molar-refractivity contribution in [3.63, 3.8) is 0 Å². The van der Waals surface area contributed by atoms with E-state index in [4.69, 9.17) is 18.9 Å². The second-order valence-electron chi connectivity index (χ2n) is 6.11. The number of hydrogen-bond acceptors (Lipinski definition) is 10. The summed E-state index contributed by atoms with van der Waals surface area (Å²) < 4.78 is 23.1. The molecule has 1 aliphatic rings. The molecular formula is C18H18N6O5S. The SMILES string of the molecule is COc1cnc(CSc2nnnn2C)cc1OCC(=O)Nc1ccc2c(c1)OCO2. The lowest BCUT2D eigenvalue weighted by atomic mass is 10.3. The van der Waals surface area contributed by atoms with Crippen LogP contribution in [-0.4, -0.2) is 51.6 Å². The lowest BCUT2D eigenvalue weighted by Gasteiger charge is -2.12. The molecule has 3 heterocycles. The lowest BCUT2D eigenvalue weighted by Crippen LogP contribution is -2.20. The molecule has 0 saturated carbocycles. The van der Waals surface area contributed by atoms with Crippen LogP contribution in [0, 0.1) is 0 Å². The average Bonchev–Trinajstić information content (AvgIpc) is 3.39. The number of carbonyl (C=O) groups excluding carboxylic acids is 1. The predicted molar refractivity (Wildman–Crippen MR) is 106 cm³/mol. The molecule has 0 unspecified atom stereocenters. The maximum absolute atomic E-state index is 12.3. The fourth-order valence-electron chi connectivity index (χ4n) is 2.61. The zero-order chi connectivity index (χ0) is 20.9. The average molecular weight is 430 g/mol. The molecule has 1 aliphatic heterocycles. The number of pyridine rings is 1. The largest absolute Gasteiger partial charge is 0.491 e. The molecule has 1 amide bonds. The van der Waals surface area contributed by atoms with Crippen LogP contribution in [0.2, 0.25) is 0 Å². The number of nitrogens with one attached hydrogen (secondary N) is 1. The van der Waals surface area contributed by atoms with Crippen LogP contribution < -0.4 is 24.3 Å². The van der Waals surface area contributed by atoms with Crippen LogP contribution in [0.4, 0.5) is 5.69 Å². The Hall–Kier alpha value is -3.54. The lowest BCUT2D eigenvalue weighted by molar-refractivity contribution is -0.118. The maximum atomic E-state index is 12.3. The Morgan fingerprint density at radius 3 is 2.93 bits per heavy atom. The van der Waals surface area contributed by atoms with Crippen molar-refractivity contribution in [2.75, 3.05) is 25.8 Å². The normalized spacial score (nSPS) is 11.9. The summed E-state index contributed by atoms with van der Waals surface area (Å²) in [5, 5.41) is 14.7. The first kappa shape index (κ1) is 19.8. The van der Waals surface area contributed by atoms with Crippen molar-refractivity contribution in [1.29, 1.82) is 0 Å². The summed E-state index contributed by atoms with van der Waals surface area (Å²) in [4.78, 5) is 16.6. The van der Waals surface area contributed by atoms with Gasteiger partial charge in [0.1, 0.15) is 0 Å². The molecule has 0 spiro atoms. The quantitative estimate of drug-likeness (QED) is 0.528. The smallest absolute Gasteiger partial charge is 0.262 e. The Kier molecular flexibility index (Phi) is 5.84.